The Morgan fingerprint density at radius 2 is 1.91 bits per heavy atom. The van der Waals surface area contributed by atoms with Crippen molar-refractivity contribution in [3.8, 4) is 11.1 Å². The predicted molar refractivity (Wildman–Crippen MR) is 174 cm³/mol. The second-order valence-corrected chi connectivity index (χ2v) is 11.1. The van der Waals surface area contributed by atoms with E-state index in [0.29, 0.717) is 30.4 Å². The second kappa shape index (κ2) is 14.1. The molecule has 0 fully saturated rings. The fourth-order valence-corrected chi connectivity index (χ4v) is 5.56. The molecule has 0 saturated heterocycles. The number of hydrogen-bond donors (Lipinski definition) is 4. The van der Waals surface area contributed by atoms with Crippen LogP contribution in [-0.4, -0.2) is 32.0 Å². The molecule has 0 saturated carbocycles. The van der Waals surface area contributed by atoms with Gasteiger partial charge in [0.15, 0.2) is 0 Å². The molecule has 0 bridgehead atoms. The van der Waals surface area contributed by atoms with E-state index in [9.17, 15) is 9.50 Å². The molecule has 0 spiro atoms. The summed E-state index contributed by atoms with van der Waals surface area (Å²) in [7, 11) is 0. The molecule has 7 nitrogen and oxygen atoms in total. The number of aromatic nitrogens is 3. The van der Waals surface area contributed by atoms with Crippen LogP contribution in [0.15, 0.2) is 85.5 Å². The van der Waals surface area contributed by atoms with Crippen molar-refractivity contribution in [2.75, 3.05) is 10.6 Å². The summed E-state index contributed by atoms with van der Waals surface area (Å²) in [5, 5.41) is 26.2. The number of anilines is 3. The molecule has 0 aliphatic heterocycles. The number of aliphatic hydroxyl groups excluding tert-OH is 1. The fraction of sp³-hybridized carbons (Fsp3) is 0.286. The van der Waals surface area contributed by atoms with E-state index in [1.807, 2.05) is 36.5 Å². The van der Waals surface area contributed by atoms with E-state index >= 15 is 0 Å². The highest BCUT2D eigenvalue weighted by Crippen LogP contribution is 2.30. The van der Waals surface area contributed by atoms with E-state index in [0.717, 1.165) is 64.7 Å². The van der Waals surface area contributed by atoms with Crippen molar-refractivity contribution in [1.82, 2.24) is 14.5 Å². The van der Waals surface area contributed by atoms with E-state index < -0.39 is 0 Å². The lowest BCUT2D eigenvalue weighted by Gasteiger charge is -2.18. The van der Waals surface area contributed by atoms with Crippen LogP contribution in [0, 0.1) is 17.1 Å². The lowest BCUT2D eigenvalue weighted by Crippen LogP contribution is -2.19. The Bertz CT molecular complexity index is 1680. The van der Waals surface area contributed by atoms with Gasteiger partial charge in [-0.25, -0.2) is 14.4 Å². The van der Waals surface area contributed by atoms with Crippen LogP contribution in [0.2, 0.25) is 0 Å². The van der Waals surface area contributed by atoms with Crippen molar-refractivity contribution >= 4 is 34.3 Å². The normalized spacial score (nSPS) is 12.7. The molecule has 8 heteroatoms. The van der Waals surface area contributed by atoms with Gasteiger partial charge >= 0.3 is 0 Å². The highest BCUT2D eigenvalue weighted by Gasteiger charge is 2.14. The molecule has 0 amide bonds. The van der Waals surface area contributed by atoms with Gasteiger partial charge in [-0.05, 0) is 77.6 Å². The fourth-order valence-electron chi connectivity index (χ4n) is 5.56. The zero-order valence-corrected chi connectivity index (χ0v) is 24.7. The third kappa shape index (κ3) is 7.64. The van der Waals surface area contributed by atoms with Crippen LogP contribution in [0.4, 0.5) is 21.6 Å². The van der Waals surface area contributed by atoms with Gasteiger partial charge in [0.1, 0.15) is 18.0 Å². The van der Waals surface area contributed by atoms with E-state index in [1.165, 1.54) is 24.7 Å². The molecule has 43 heavy (non-hydrogen) atoms. The summed E-state index contributed by atoms with van der Waals surface area (Å²) in [6.07, 6.45) is 10.8. The topological polar surface area (TPSA) is 98.8 Å². The molecular formula is C35H39FN6O. The summed E-state index contributed by atoms with van der Waals surface area (Å²) < 4.78 is 15.6. The number of benzene rings is 3. The molecule has 1 unspecified atom stereocenters. The Balaban J connectivity index is 1.31. The van der Waals surface area contributed by atoms with Crippen molar-refractivity contribution in [1.29, 1.82) is 5.41 Å². The quantitative estimate of drug-likeness (QED) is 0.0997. The third-order valence-electron chi connectivity index (χ3n) is 7.86. The van der Waals surface area contributed by atoms with Crippen molar-refractivity contribution in [2.24, 2.45) is 5.92 Å². The maximum atomic E-state index is 13.6. The van der Waals surface area contributed by atoms with Gasteiger partial charge in [-0.2, -0.15) is 0 Å². The Morgan fingerprint density at radius 1 is 1.02 bits per heavy atom. The van der Waals surface area contributed by atoms with Gasteiger partial charge in [0.05, 0.1) is 11.6 Å². The lowest BCUT2D eigenvalue weighted by atomic mass is 9.94. The molecule has 2 atom stereocenters. The zero-order chi connectivity index (χ0) is 30.2. The molecule has 5 rings (SSSR count). The molecular weight excluding hydrogens is 539 g/mol. The van der Waals surface area contributed by atoms with Gasteiger partial charge in [0.25, 0.3) is 0 Å². The average molecular weight is 579 g/mol. The summed E-state index contributed by atoms with van der Waals surface area (Å²) >= 11 is 0. The lowest BCUT2D eigenvalue weighted by molar-refractivity contribution is 0.120. The van der Waals surface area contributed by atoms with E-state index in [2.05, 4.69) is 63.4 Å². The smallest absolute Gasteiger partial charge is 0.141 e. The first-order valence-electron chi connectivity index (χ1n) is 14.9. The molecule has 0 aliphatic rings. The number of fused-ring (bicyclic) bond motifs is 1. The second-order valence-electron chi connectivity index (χ2n) is 11.1. The summed E-state index contributed by atoms with van der Waals surface area (Å²) in [6.45, 7) is 5.42. The minimum Gasteiger partial charge on any atom is -0.391 e. The molecule has 222 valence electrons. The molecule has 0 radical (unpaired) electrons. The minimum atomic E-state index is -0.369. The number of hydrogen-bond acceptors (Lipinski definition) is 6. The molecule has 2 heterocycles. The van der Waals surface area contributed by atoms with Crippen molar-refractivity contribution in [2.45, 2.75) is 58.7 Å². The van der Waals surface area contributed by atoms with E-state index in [4.69, 9.17) is 5.41 Å². The summed E-state index contributed by atoms with van der Waals surface area (Å²) in [6, 6.07) is 20.4. The highest BCUT2D eigenvalue weighted by molar-refractivity contribution is 5.94. The number of nitrogens with one attached hydrogen (secondary N) is 3. The van der Waals surface area contributed by atoms with Gasteiger partial charge in [-0.15, -0.1) is 0 Å². The molecule has 3 aromatic carbocycles. The minimum absolute atomic E-state index is 0.273. The predicted octanol–water partition coefficient (Wildman–Crippen LogP) is 8.17. The van der Waals surface area contributed by atoms with E-state index in [-0.39, 0.29) is 11.9 Å². The molecule has 2 aromatic heterocycles. The third-order valence-corrected chi connectivity index (χ3v) is 7.86. The SMILES string of the molecule is CCCC(CC)C[C@H](O)Cn1ccc(-c2ccc3ncnc(Nc4ccc(NCc5cccc(F)c5)c(C=N)c4)c3c2)c1. The van der Waals surface area contributed by atoms with Crippen LogP contribution in [0.3, 0.4) is 0 Å². The van der Waals surface area contributed by atoms with Gasteiger partial charge in [0, 0.05) is 54.0 Å². The first-order valence-corrected chi connectivity index (χ1v) is 14.9. The average Bonchev–Trinajstić information content (AvgIpc) is 3.48. The monoisotopic (exact) mass is 578 g/mol. The van der Waals surface area contributed by atoms with Crippen molar-refractivity contribution in [3.05, 3.63) is 102 Å². The van der Waals surface area contributed by atoms with Crippen LogP contribution >= 0.6 is 0 Å². The maximum absolute atomic E-state index is 13.6. The number of rotatable bonds is 14. The van der Waals surface area contributed by atoms with Gasteiger partial charge in [-0.1, -0.05) is 51.3 Å². The highest BCUT2D eigenvalue weighted by atomic mass is 19.1. The largest absolute Gasteiger partial charge is 0.391 e. The van der Waals surface area contributed by atoms with Crippen LogP contribution in [0.5, 0.6) is 0 Å². The van der Waals surface area contributed by atoms with Crippen LogP contribution in [-0.2, 0) is 13.1 Å². The number of aliphatic hydroxyl groups is 1. The first-order chi connectivity index (χ1) is 20.9. The van der Waals surface area contributed by atoms with Gasteiger partial charge in [0.2, 0.25) is 0 Å². The summed E-state index contributed by atoms with van der Waals surface area (Å²) in [5.74, 6) is 0.953. The number of halogens is 1. The van der Waals surface area contributed by atoms with E-state index in [1.54, 1.807) is 6.07 Å². The van der Waals surface area contributed by atoms with Gasteiger partial charge in [-0.3, -0.25) is 0 Å². The first kappa shape index (κ1) is 29.9. The molecule has 0 aliphatic carbocycles. The van der Waals surface area contributed by atoms with Crippen LogP contribution < -0.4 is 10.6 Å². The van der Waals surface area contributed by atoms with Crippen LogP contribution in [0.1, 0.15) is 50.7 Å². The van der Waals surface area contributed by atoms with Gasteiger partial charge < -0.3 is 25.7 Å². The maximum Gasteiger partial charge on any atom is 0.141 e. The Labute approximate surface area is 252 Å². The Morgan fingerprint density at radius 3 is 2.70 bits per heavy atom. The van der Waals surface area contributed by atoms with Crippen LogP contribution in [0.25, 0.3) is 22.0 Å². The number of nitrogens with zero attached hydrogens (tertiary/aromatic N) is 3. The zero-order valence-electron chi connectivity index (χ0n) is 24.7. The Kier molecular flexibility index (Phi) is 9.79. The summed E-state index contributed by atoms with van der Waals surface area (Å²) in [4.78, 5) is 8.98. The van der Waals surface area contributed by atoms with Crippen molar-refractivity contribution in [3.63, 3.8) is 0 Å². The molecule has 5 aromatic rings. The molecule has 4 N–H and O–H groups in total. The Hall–Kier alpha value is -4.56. The van der Waals surface area contributed by atoms with Crippen molar-refractivity contribution < 1.29 is 9.50 Å². The summed E-state index contributed by atoms with van der Waals surface area (Å²) in [5.41, 5.74) is 6.00. The standard InChI is InChI=1S/C35H39FN6O/c1-3-6-24(4-2)16-31(43)22-42-14-13-27(21-42)26-9-11-34-32(18-26)35(40-23-39-34)41-30-10-12-33(28(17-30)19-37)38-20-25-7-5-8-29(36)15-25/h5,7-15,17-19,21,23-24,31,37-38,43H,3-4,6,16,20,22H2,1-2H3,(H,39,40,41)/t24?,31-/m0/s1.